The molecule has 0 bridgehead atoms. The van der Waals surface area contributed by atoms with Gasteiger partial charge in [0.15, 0.2) is 0 Å². The van der Waals surface area contributed by atoms with Gasteiger partial charge in [-0.25, -0.2) is 0 Å². The molecule has 0 N–H and O–H groups in total. The largest absolute Gasteiger partial charge is 0.309 e. The highest BCUT2D eigenvalue weighted by Gasteiger charge is 2.19. The van der Waals surface area contributed by atoms with Crippen LogP contribution in [0.2, 0.25) is 0 Å². The Bertz CT molecular complexity index is 1930. The lowest BCUT2D eigenvalue weighted by atomic mass is 10.0. The smallest absolute Gasteiger partial charge is 0.0645 e. The highest BCUT2D eigenvalue weighted by molar-refractivity contribution is 6.26. The molecular formula is C33H21N3. The van der Waals surface area contributed by atoms with Gasteiger partial charge < -0.3 is 9.13 Å². The summed E-state index contributed by atoms with van der Waals surface area (Å²) in [5, 5.41) is 7.52. The summed E-state index contributed by atoms with van der Waals surface area (Å²) < 4.78 is 4.78. The zero-order valence-corrected chi connectivity index (χ0v) is 19.5. The van der Waals surface area contributed by atoms with Gasteiger partial charge in [-0.1, -0.05) is 78.9 Å². The van der Waals surface area contributed by atoms with Gasteiger partial charge in [-0.3, -0.25) is 4.98 Å². The van der Waals surface area contributed by atoms with Crippen molar-refractivity contribution < 1.29 is 0 Å². The van der Waals surface area contributed by atoms with Crippen LogP contribution in [0.25, 0.3) is 65.8 Å². The number of hydrogen-bond donors (Lipinski definition) is 0. The molecule has 0 amide bonds. The van der Waals surface area contributed by atoms with Gasteiger partial charge in [-0.2, -0.15) is 0 Å². The van der Waals surface area contributed by atoms with Gasteiger partial charge in [0.1, 0.15) is 0 Å². The quantitative estimate of drug-likeness (QED) is 0.254. The number of aromatic nitrogens is 3. The highest BCUT2D eigenvalue weighted by atomic mass is 15.0. The van der Waals surface area contributed by atoms with Gasteiger partial charge >= 0.3 is 0 Å². The number of pyridine rings is 1. The van der Waals surface area contributed by atoms with Crippen LogP contribution >= 0.6 is 0 Å². The Balaban J connectivity index is 1.62. The van der Waals surface area contributed by atoms with E-state index < -0.39 is 0 Å². The normalized spacial score (nSPS) is 11.9. The molecule has 0 aliphatic heterocycles. The molecule has 0 fully saturated rings. The van der Waals surface area contributed by atoms with Gasteiger partial charge in [0.05, 0.1) is 34.0 Å². The third kappa shape index (κ3) is 2.54. The third-order valence-corrected chi connectivity index (χ3v) is 7.38. The van der Waals surface area contributed by atoms with Crippen LogP contribution in [0.4, 0.5) is 0 Å². The summed E-state index contributed by atoms with van der Waals surface area (Å²) in [6.45, 7) is 0. The maximum atomic E-state index is 4.44. The molecule has 0 radical (unpaired) electrons. The van der Waals surface area contributed by atoms with Crippen molar-refractivity contribution in [2.45, 2.75) is 0 Å². The van der Waals surface area contributed by atoms with E-state index in [1.807, 2.05) is 18.5 Å². The first kappa shape index (κ1) is 19.4. The third-order valence-electron chi connectivity index (χ3n) is 7.38. The number of hydrogen-bond acceptors (Lipinski definition) is 1. The molecule has 0 unspecified atom stereocenters. The molecule has 3 heteroatoms. The van der Waals surface area contributed by atoms with E-state index in [0.717, 1.165) is 5.69 Å². The minimum Gasteiger partial charge on any atom is -0.309 e. The molecule has 0 saturated carbocycles. The lowest BCUT2D eigenvalue weighted by Gasteiger charge is -2.12. The first-order valence-corrected chi connectivity index (χ1v) is 12.2. The maximum absolute atomic E-state index is 4.44. The first-order chi connectivity index (χ1) is 17.9. The number of para-hydroxylation sites is 3. The van der Waals surface area contributed by atoms with Crippen LogP contribution in [0.5, 0.6) is 0 Å². The highest BCUT2D eigenvalue weighted by Crippen LogP contribution is 2.41. The second kappa shape index (κ2) is 7.30. The summed E-state index contributed by atoms with van der Waals surface area (Å²) in [5.74, 6) is 0. The van der Waals surface area contributed by atoms with Gasteiger partial charge in [0, 0.05) is 44.2 Å². The Morgan fingerprint density at radius 2 is 0.861 bits per heavy atom. The van der Waals surface area contributed by atoms with Crippen LogP contribution in [0, 0.1) is 0 Å². The van der Waals surface area contributed by atoms with Crippen molar-refractivity contribution >= 4 is 54.4 Å². The Labute approximate surface area is 207 Å². The van der Waals surface area contributed by atoms with Crippen LogP contribution < -0.4 is 0 Å². The molecule has 8 aromatic rings. The Hall–Kier alpha value is -4.89. The van der Waals surface area contributed by atoms with E-state index in [-0.39, 0.29) is 0 Å². The van der Waals surface area contributed by atoms with Crippen molar-refractivity contribution in [3.05, 3.63) is 128 Å². The average molecular weight is 460 g/mol. The Morgan fingerprint density at radius 1 is 0.389 bits per heavy atom. The fourth-order valence-corrected chi connectivity index (χ4v) is 5.92. The van der Waals surface area contributed by atoms with Gasteiger partial charge in [0.2, 0.25) is 0 Å². The molecule has 5 aromatic carbocycles. The molecule has 0 saturated heterocycles. The van der Waals surface area contributed by atoms with E-state index in [2.05, 4.69) is 123 Å². The van der Waals surface area contributed by atoms with E-state index in [1.165, 1.54) is 60.1 Å². The molecule has 3 nitrogen and oxygen atoms in total. The van der Waals surface area contributed by atoms with Crippen molar-refractivity contribution in [2.24, 2.45) is 0 Å². The van der Waals surface area contributed by atoms with E-state index in [9.17, 15) is 0 Å². The van der Waals surface area contributed by atoms with Crippen molar-refractivity contribution in [3.63, 3.8) is 0 Å². The lowest BCUT2D eigenvalue weighted by molar-refractivity contribution is 1.14. The molecule has 168 valence electrons. The minimum atomic E-state index is 1.07. The summed E-state index contributed by atoms with van der Waals surface area (Å²) >= 11 is 0. The van der Waals surface area contributed by atoms with Crippen LogP contribution in [0.15, 0.2) is 128 Å². The second-order valence-electron chi connectivity index (χ2n) is 9.27. The summed E-state index contributed by atoms with van der Waals surface area (Å²) in [6.07, 6.45) is 3.78. The first-order valence-electron chi connectivity index (χ1n) is 12.2. The summed E-state index contributed by atoms with van der Waals surface area (Å²) in [7, 11) is 0. The second-order valence-corrected chi connectivity index (χ2v) is 9.27. The van der Waals surface area contributed by atoms with Crippen LogP contribution in [-0.4, -0.2) is 14.1 Å². The van der Waals surface area contributed by atoms with Crippen LogP contribution in [0.1, 0.15) is 0 Å². The molecule has 0 aliphatic rings. The lowest BCUT2D eigenvalue weighted by Crippen LogP contribution is -1.96. The number of fused-ring (bicyclic) bond motifs is 9. The van der Waals surface area contributed by atoms with Crippen molar-refractivity contribution in [1.29, 1.82) is 0 Å². The molecule has 8 rings (SSSR count). The molecule has 3 heterocycles. The molecule has 0 aliphatic carbocycles. The fraction of sp³-hybridized carbons (Fsp3) is 0. The van der Waals surface area contributed by atoms with Crippen molar-refractivity contribution in [3.8, 4) is 11.4 Å². The number of benzene rings is 5. The molecule has 3 aromatic heterocycles. The van der Waals surface area contributed by atoms with E-state index >= 15 is 0 Å². The number of nitrogens with zero attached hydrogens (tertiary/aromatic N) is 3. The fourth-order valence-electron chi connectivity index (χ4n) is 5.92. The molecule has 36 heavy (non-hydrogen) atoms. The predicted molar refractivity (Wildman–Crippen MR) is 150 cm³/mol. The number of rotatable bonds is 2. The summed E-state index contributed by atoms with van der Waals surface area (Å²) in [4.78, 5) is 4.44. The maximum Gasteiger partial charge on any atom is 0.0645 e. The molecule has 0 spiro atoms. The summed E-state index contributed by atoms with van der Waals surface area (Å²) in [5.41, 5.74) is 7.11. The molecular weight excluding hydrogens is 438 g/mol. The van der Waals surface area contributed by atoms with Crippen molar-refractivity contribution in [1.82, 2.24) is 14.1 Å². The van der Waals surface area contributed by atoms with Gasteiger partial charge in [0.25, 0.3) is 0 Å². The Morgan fingerprint density at radius 3 is 1.42 bits per heavy atom. The SMILES string of the molecule is c1ccc(-n2c3ccccc3c3ccc4c(ccc5c6ccccc6n(-c6cccnc6)c54)c32)cc1. The topological polar surface area (TPSA) is 22.8 Å². The summed E-state index contributed by atoms with van der Waals surface area (Å²) in [6, 6.07) is 41.4. The van der Waals surface area contributed by atoms with Gasteiger partial charge in [-0.15, -0.1) is 0 Å². The monoisotopic (exact) mass is 459 g/mol. The van der Waals surface area contributed by atoms with E-state index in [1.54, 1.807) is 0 Å². The zero-order chi connectivity index (χ0) is 23.6. The van der Waals surface area contributed by atoms with Crippen LogP contribution in [-0.2, 0) is 0 Å². The average Bonchev–Trinajstić information content (AvgIpc) is 3.47. The molecule has 0 atom stereocenters. The standard InChI is InChI=1S/C33H21N3/c1-2-9-22(10-3-1)35-30-14-6-4-12-24(30)26-16-19-29-28(32(26)35)18-17-27-25-13-5-7-15-31(25)36(33(27)29)23-11-8-20-34-21-23/h1-21H. The predicted octanol–water partition coefficient (Wildman–Crippen LogP) is 8.43. The Kier molecular flexibility index (Phi) is 3.94. The minimum absolute atomic E-state index is 1.07. The van der Waals surface area contributed by atoms with Crippen LogP contribution in [0.3, 0.4) is 0 Å². The van der Waals surface area contributed by atoms with E-state index in [4.69, 9.17) is 0 Å². The van der Waals surface area contributed by atoms with Gasteiger partial charge in [-0.05, 0) is 36.4 Å². The zero-order valence-electron chi connectivity index (χ0n) is 19.5. The van der Waals surface area contributed by atoms with E-state index in [0.29, 0.717) is 0 Å². The van der Waals surface area contributed by atoms with Crippen molar-refractivity contribution in [2.75, 3.05) is 0 Å².